The van der Waals surface area contributed by atoms with Gasteiger partial charge in [0.25, 0.3) is 11.6 Å². The quantitative estimate of drug-likeness (QED) is 0.619. The first-order valence-corrected chi connectivity index (χ1v) is 6.57. The number of hydrogen-bond donors (Lipinski definition) is 2. The number of rotatable bonds is 6. The molecule has 0 aromatic heterocycles. The van der Waals surface area contributed by atoms with Gasteiger partial charge >= 0.3 is 5.97 Å². The molecular weight excluding hydrogens is 300 g/mol. The van der Waals surface area contributed by atoms with Crippen LogP contribution in [-0.2, 0) is 4.79 Å². The molecule has 1 rings (SSSR count). The van der Waals surface area contributed by atoms with Crippen molar-refractivity contribution in [3.8, 4) is 0 Å². The number of nitrogens with one attached hydrogen (secondary N) is 1. The Labute approximate surface area is 126 Å². The molecule has 1 aromatic carbocycles. The molecule has 1 amide bonds. The van der Waals surface area contributed by atoms with Gasteiger partial charge in [0.05, 0.1) is 4.92 Å². The molecule has 0 heterocycles. The Morgan fingerprint density at radius 1 is 1.43 bits per heavy atom. The van der Waals surface area contributed by atoms with Gasteiger partial charge in [0.15, 0.2) is 0 Å². The van der Waals surface area contributed by atoms with Gasteiger partial charge in [-0.1, -0.05) is 25.4 Å². The fourth-order valence-corrected chi connectivity index (χ4v) is 1.95. The van der Waals surface area contributed by atoms with Crippen LogP contribution in [0.15, 0.2) is 18.2 Å². The maximum Gasteiger partial charge on any atom is 0.326 e. The minimum atomic E-state index is -1.19. The maximum absolute atomic E-state index is 12.1. The molecule has 0 spiro atoms. The highest BCUT2D eigenvalue weighted by atomic mass is 35.5. The number of nitrogens with zero attached hydrogens (tertiary/aromatic N) is 1. The van der Waals surface area contributed by atoms with E-state index in [1.807, 2.05) is 13.8 Å². The highest BCUT2D eigenvalue weighted by Gasteiger charge is 2.26. The first kappa shape index (κ1) is 16.9. The number of halogens is 1. The van der Waals surface area contributed by atoms with Crippen LogP contribution in [0.5, 0.6) is 0 Å². The SMILES string of the molecule is CC(C)C[C@@H](NC(=O)c1cc(Cl)ccc1[N+](=O)[O-])C(=O)O. The number of benzene rings is 1. The Morgan fingerprint density at radius 3 is 2.52 bits per heavy atom. The second-order valence-electron chi connectivity index (χ2n) is 4.91. The molecule has 0 unspecified atom stereocenters. The second-order valence-corrected chi connectivity index (χ2v) is 5.35. The van der Waals surface area contributed by atoms with Gasteiger partial charge in [-0.25, -0.2) is 4.79 Å². The molecule has 0 radical (unpaired) electrons. The summed E-state index contributed by atoms with van der Waals surface area (Å²) in [5, 5.41) is 22.4. The van der Waals surface area contributed by atoms with Gasteiger partial charge < -0.3 is 10.4 Å². The van der Waals surface area contributed by atoms with Crippen LogP contribution < -0.4 is 5.32 Å². The first-order chi connectivity index (χ1) is 9.72. The normalized spacial score (nSPS) is 12.0. The average molecular weight is 315 g/mol. The van der Waals surface area contributed by atoms with E-state index in [4.69, 9.17) is 16.7 Å². The lowest BCUT2D eigenvalue weighted by Crippen LogP contribution is -2.41. The zero-order valence-corrected chi connectivity index (χ0v) is 12.3. The molecule has 0 saturated heterocycles. The molecule has 7 nitrogen and oxygen atoms in total. The Balaban J connectivity index is 3.05. The summed E-state index contributed by atoms with van der Waals surface area (Å²) >= 11 is 5.73. The number of carbonyl (C=O) groups is 2. The Bertz CT molecular complexity index is 574. The highest BCUT2D eigenvalue weighted by Crippen LogP contribution is 2.23. The molecule has 0 aliphatic carbocycles. The van der Waals surface area contributed by atoms with Crippen LogP contribution in [0.3, 0.4) is 0 Å². The number of nitro benzene ring substituents is 1. The van der Waals surface area contributed by atoms with Crippen molar-refractivity contribution in [1.29, 1.82) is 0 Å². The summed E-state index contributed by atoms with van der Waals surface area (Å²) in [5.41, 5.74) is -0.687. The molecule has 21 heavy (non-hydrogen) atoms. The first-order valence-electron chi connectivity index (χ1n) is 6.20. The van der Waals surface area contributed by atoms with Crippen LogP contribution in [0.1, 0.15) is 30.6 Å². The minimum Gasteiger partial charge on any atom is -0.480 e. The zero-order valence-electron chi connectivity index (χ0n) is 11.5. The van der Waals surface area contributed by atoms with Gasteiger partial charge in [0.2, 0.25) is 0 Å². The number of carboxylic acid groups (broad SMARTS) is 1. The van der Waals surface area contributed by atoms with E-state index < -0.39 is 28.5 Å². The molecule has 0 aliphatic heterocycles. The van der Waals surface area contributed by atoms with E-state index in [0.29, 0.717) is 0 Å². The predicted octanol–water partition coefficient (Wildman–Crippen LogP) is 2.48. The summed E-state index contributed by atoms with van der Waals surface area (Å²) in [6, 6.07) is 2.42. The van der Waals surface area contributed by atoms with Gasteiger partial charge in [0, 0.05) is 11.1 Å². The zero-order chi connectivity index (χ0) is 16.2. The minimum absolute atomic E-state index is 0.0424. The summed E-state index contributed by atoms with van der Waals surface area (Å²) in [5.74, 6) is -1.99. The van der Waals surface area contributed by atoms with Crippen molar-refractivity contribution >= 4 is 29.2 Å². The molecule has 1 atom stereocenters. The van der Waals surface area contributed by atoms with Crippen molar-refractivity contribution in [2.45, 2.75) is 26.3 Å². The van der Waals surface area contributed by atoms with Gasteiger partial charge in [0.1, 0.15) is 11.6 Å². The summed E-state index contributed by atoms with van der Waals surface area (Å²) in [6.07, 6.45) is 0.218. The fraction of sp³-hybridized carbons (Fsp3) is 0.385. The van der Waals surface area contributed by atoms with Gasteiger partial charge in [-0.15, -0.1) is 0 Å². The molecule has 0 aliphatic rings. The highest BCUT2D eigenvalue weighted by molar-refractivity contribution is 6.31. The molecular formula is C13H15ClN2O5. The van der Waals surface area contributed by atoms with Crippen molar-refractivity contribution < 1.29 is 19.6 Å². The van der Waals surface area contributed by atoms with Crippen LogP contribution in [0, 0.1) is 16.0 Å². The van der Waals surface area contributed by atoms with E-state index in [-0.39, 0.29) is 22.9 Å². The Hall–Kier alpha value is -2.15. The third-order valence-electron chi connectivity index (χ3n) is 2.71. The second kappa shape index (κ2) is 7.03. The third kappa shape index (κ3) is 4.71. The predicted molar refractivity (Wildman–Crippen MR) is 76.5 cm³/mol. The van der Waals surface area contributed by atoms with E-state index in [2.05, 4.69) is 5.32 Å². The van der Waals surface area contributed by atoms with Crippen molar-refractivity contribution in [2.24, 2.45) is 5.92 Å². The lowest BCUT2D eigenvalue weighted by atomic mass is 10.0. The third-order valence-corrected chi connectivity index (χ3v) is 2.95. The van der Waals surface area contributed by atoms with Crippen LogP contribution in [0.25, 0.3) is 0 Å². The number of amides is 1. The number of aliphatic carboxylic acids is 1. The summed E-state index contributed by atoms with van der Waals surface area (Å²) in [4.78, 5) is 33.4. The Morgan fingerprint density at radius 2 is 2.05 bits per heavy atom. The summed E-state index contributed by atoms with van der Waals surface area (Å²) in [6.45, 7) is 3.62. The molecule has 1 aromatic rings. The number of carbonyl (C=O) groups excluding carboxylic acids is 1. The molecule has 0 fully saturated rings. The monoisotopic (exact) mass is 314 g/mol. The Kier molecular flexibility index (Phi) is 5.66. The largest absolute Gasteiger partial charge is 0.480 e. The van der Waals surface area contributed by atoms with Crippen LogP contribution >= 0.6 is 11.6 Å². The number of nitro groups is 1. The molecule has 0 bridgehead atoms. The van der Waals surface area contributed by atoms with Crippen LogP contribution in [-0.4, -0.2) is 27.9 Å². The van der Waals surface area contributed by atoms with E-state index in [9.17, 15) is 19.7 Å². The maximum atomic E-state index is 12.1. The van der Waals surface area contributed by atoms with Crippen LogP contribution in [0.4, 0.5) is 5.69 Å². The topological polar surface area (TPSA) is 110 Å². The van der Waals surface area contributed by atoms with E-state index in [1.165, 1.54) is 6.07 Å². The van der Waals surface area contributed by atoms with Crippen molar-refractivity contribution in [3.63, 3.8) is 0 Å². The van der Waals surface area contributed by atoms with E-state index in [0.717, 1.165) is 12.1 Å². The van der Waals surface area contributed by atoms with Crippen LogP contribution in [0.2, 0.25) is 5.02 Å². The van der Waals surface area contributed by atoms with Crippen molar-refractivity contribution in [3.05, 3.63) is 38.9 Å². The molecule has 114 valence electrons. The standard InChI is InChI=1S/C13H15ClN2O5/c1-7(2)5-10(13(18)19)15-12(17)9-6-8(14)3-4-11(9)16(20)21/h3-4,6-7,10H,5H2,1-2H3,(H,15,17)(H,18,19)/t10-/m1/s1. The van der Waals surface area contributed by atoms with E-state index in [1.54, 1.807) is 0 Å². The molecule has 8 heteroatoms. The fourth-order valence-electron chi connectivity index (χ4n) is 1.78. The van der Waals surface area contributed by atoms with Crippen molar-refractivity contribution in [2.75, 3.05) is 0 Å². The lowest BCUT2D eigenvalue weighted by molar-refractivity contribution is -0.385. The number of hydrogen-bond acceptors (Lipinski definition) is 4. The van der Waals surface area contributed by atoms with Gasteiger partial charge in [-0.2, -0.15) is 0 Å². The number of carboxylic acids is 1. The van der Waals surface area contributed by atoms with Gasteiger partial charge in [-0.05, 0) is 24.5 Å². The molecule has 2 N–H and O–H groups in total. The van der Waals surface area contributed by atoms with Crippen molar-refractivity contribution in [1.82, 2.24) is 5.32 Å². The molecule has 0 saturated carbocycles. The average Bonchev–Trinajstić information content (AvgIpc) is 2.36. The van der Waals surface area contributed by atoms with Gasteiger partial charge in [-0.3, -0.25) is 14.9 Å². The smallest absolute Gasteiger partial charge is 0.326 e. The van der Waals surface area contributed by atoms with E-state index >= 15 is 0 Å². The summed E-state index contributed by atoms with van der Waals surface area (Å²) < 4.78 is 0. The lowest BCUT2D eigenvalue weighted by Gasteiger charge is -2.16. The summed E-state index contributed by atoms with van der Waals surface area (Å²) in [7, 11) is 0.